The molecular formula is C11H9NO4S. The molecule has 0 saturated heterocycles. The Balaban J connectivity index is 2.57. The summed E-state index contributed by atoms with van der Waals surface area (Å²) in [5, 5.41) is 10.8. The van der Waals surface area contributed by atoms with Gasteiger partial charge in [-0.25, -0.2) is 0 Å². The predicted octanol–water partition coefficient (Wildman–Crippen LogP) is 2.59. The summed E-state index contributed by atoms with van der Waals surface area (Å²) in [4.78, 5) is 10.5. The zero-order valence-corrected chi connectivity index (χ0v) is 9.77. The van der Waals surface area contributed by atoms with Crippen molar-refractivity contribution < 1.29 is 13.5 Å². The third-order valence-electron chi connectivity index (χ3n) is 2.32. The van der Waals surface area contributed by atoms with Gasteiger partial charge >= 0.3 is 0 Å². The maximum Gasteiger partial charge on any atom is 0.285 e. The number of furan rings is 1. The van der Waals surface area contributed by atoms with Gasteiger partial charge in [-0.3, -0.25) is 14.3 Å². The highest BCUT2D eigenvalue weighted by Gasteiger charge is 2.17. The third kappa shape index (κ3) is 2.26. The lowest BCUT2D eigenvalue weighted by Crippen LogP contribution is -1.97. The predicted molar refractivity (Wildman–Crippen MR) is 63.1 cm³/mol. The molecule has 0 aliphatic carbocycles. The van der Waals surface area contributed by atoms with Crippen molar-refractivity contribution in [1.82, 2.24) is 0 Å². The second-order valence-corrected chi connectivity index (χ2v) is 4.75. The maximum absolute atomic E-state index is 11.5. The lowest BCUT2D eigenvalue weighted by Gasteiger charge is -2.02. The van der Waals surface area contributed by atoms with Crippen LogP contribution in [0.25, 0.3) is 11.1 Å². The van der Waals surface area contributed by atoms with Gasteiger partial charge in [0.05, 0.1) is 28.2 Å². The number of rotatable bonds is 3. The lowest BCUT2D eigenvalue weighted by molar-refractivity contribution is -0.387. The van der Waals surface area contributed by atoms with Crippen molar-refractivity contribution in [2.75, 3.05) is 6.26 Å². The van der Waals surface area contributed by atoms with Crippen molar-refractivity contribution in [2.45, 2.75) is 4.90 Å². The SMILES string of the molecule is CS(=O)c1cc(-c2ccoc2)ccc1[N+](=O)[O-]. The van der Waals surface area contributed by atoms with Gasteiger partial charge in [-0.15, -0.1) is 0 Å². The molecule has 0 bridgehead atoms. The Labute approximate surface area is 99.7 Å². The van der Waals surface area contributed by atoms with Crippen LogP contribution in [-0.4, -0.2) is 15.4 Å². The molecule has 1 aromatic heterocycles. The first kappa shape index (κ1) is 11.5. The van der Waals surface area contributed by atoms with Gasteiger partial charge in [0, 0.05) is 17.9 Å². The summed E-state index contributed by atoms with van der Waals surface area (Å²) in [6.45, 7) is 0. The zero-order chi connectivity index (χ0) is 12.4. The number of benzene rings is 1. The van der Waals surface area contributed by atoms with Crippen molar-refractivity contribution in [3.8, 4) is 11.1 Å². The van der Waals surface area contributed by atoms with Crippen LogP contribution < -0.4 is 0 Å². The third-order valence-corrected chi connectivity index (χ3v) is 3.27. The Kier molecular flexibility index (Phi) is 3.06. The van der Waals surface area contributed by atoms with E-state index in [1.54, 1.807) is 18.2 Å². The topological polar surface area (TPSA) is 73.3 Å². The molecule has 6 heteroatoms. The van der Waals surface area contributed by atoms with Crippen LogP contribution in [0.3, 0.4) is 0 Å². The molecular weight excluding hydrogens is 242 g/mol. The molecule has 1 atom stereocenters. The first-order valence-corrected chi connectivity index (χ1v) is 6.30. The van der Waals surface area contributed by atoms with Gasteiger partial charge in [0.15, 0.2) is 0 Å². The molecule has 2 aromatic rings. The summed E-state index contributed by atoms with van der Waals surface area (Å²) in [6.07, 6.45) is 4.46. The van der Waals surface area contributed by atoms with E-state index in [0.29, 0.717) is 0 Å². The Bertz CT molecular complexity index is 577. The van der Waals surface area contributed by atoms with E-state index in [-0.39, 0.29) is 10.6 Å². The first-order chi connectivity index (χ1) is 8.09. The quantitative estimate of drug-likeness (QED) is 0.620. The molecule has 0 fully saturated rings. The number of nitro groups is 1. The van der Waals surface area contributed by atoms with Gasteiger partial charge in [-0.2, -0.15) is 0 Å². The molecule has 0 aliphatic heterocycles. The molecule has 17 heavy (non-hydrogen) atoms. The fourth-order valence-corrected chi connectivity index (χ4v) is 2.23. The Hall–Kier alpha value is -1.95. The highest BCUT2D eigenvalue weighted by Crippen LogP contribution is 2.28. The Morgan fingerprint density at radius 3 is 2.59 bits per heavy atom. The second-order valence-electron chi connectivity index (χ2n) is 3.41. The van der Waals surface area contributed by atoms with Crippen molar-refractivity contribution in [1.29, 1.82) is 0 Å². The van der Waals surface area contributed by atoms with Crippen LogP contribution in [0.1, 0.15) is 0 Å². The minimum absolute atomic E-state index is 0.127. The summed E-state index contributed by atoms with van der Waals surface area (Å²) in [7, 11) is -1.41. The van der Waals surface area contributed by atoms with Crippen molar-refractivity contribution in [2.24, 2.45) is 0 Å². The van der Waals surface area contributed by atoms with E-state index < -0.39 is 15.7 Å². The highest BCUT2D eigenvalue weighted by atomic mass is 32.2. The summed E-state index contributed by atoms with van der Waals surface area (Å²) in [5.74, 6) is 0. The molecule has 1 heterocycles. The molecule has 2 rings (SSSR count). The van der Waals surface area contributed by atoms with Crippen molar-refractivity contribution in [3.63, 3.8) is 0 Å². The van der Waals surface area contributed by atoms with E-state index in [9.17, 15) is 14.3 Å². The van der Waals surface area contributed by atoms with Gasteiger partial charge in [-0.05, 0) is 23.8 Å². The molecule has 0 amide bonds. The molecule has 5 nitrogen and oxygen atoms in total. The van der Waals surface area contributed by atoms with E-state index in [0.717, 1.165) is 11.1 Å². The standard InChI is InChI=1S/C11H9NO4S/c1-17(15)11-6-8(9-4-5-16-7-9)2-3-10(11)12(13)14/h2-7H,1H3. The van der Waals surface area contributed by atoms with E-state index in [1.165, 1.54) is 24.8 Å². The largest absolute Gasteiger partial charge is 0.472 e. The Morgan fingerprint density at radius 1 is 1.29 bits per heavy atom. The number of nitrogens with zero attached hydrogens (tertiary/aromatic N) is 1. The number of hydrogen-bond donors (Lipinski definition) is 0. The monoisotopic (exact) mass is 251 g/mol. The second kappa shape index (κ2) is 4.50. The van der Waals surface area contributed by atoms with E-state index in [4.69, 9.17) is 4.42 Å². The van der Waals surface area contributed by atoms with Crippen LogP contribution in [0, 0.1) is 10.1 Å². The minimum atomic E-state index is -1.41. The molecule has 0 aliphatic rings. The van der Waals surface area contributed by atoms with E-state index in [2.05, 4.69) is 0 Å². The normalized spacial score (nSPS) is 12.3. The lowest BCUT2D eigenvalue weighted by atomic mass is 10.1. The van der Waals surface area contributed by atoms with Crippen LogP contribution in [0.2, 0.25) is 0 Å². The molecule has 1 unspecified atom stereocenters. The zero-order valence-electron chi connectivity index (χ0n) is 8.95. The molecule has 0 saturated carbocycles. The van der Waals surface area contributed by atoms with E-state index in [1.807, 2.05) is 0 Å². The maximum atomic E-state index is 11.5. The van der Waals surface area contributed by atoms with E-state index >= 15 is 0 Å². The summed E-state index contributed by atoms with van der Waals surface area (Å²) < 4.78 is 16.4. The van der Waals surface area contributed by atoms with Crippen LogP contribution >= 0.6 is 0 Å². The highest BCUT2D eigenvalue weighted by molar-refractivity contribution is 7.84. The number of nitro benzene ring substituents is 1. The molecule has 1 aromatic carbocycles. The van der Waals surface area contributed by atoms with Gasteiger partial charge in [0.25, 0.3) is 5.69 Å². The minimum Gasteiger partial charge on any atom is -0.472 e. The fourth-order valence-electron chi connectivity index (χ4n) is 1.50. The van der Waals surface area contributed by atoms with Crippen LogP contribution in [0.15, 0.2) is 46.1 Å². The van der Waals surface area contributed by atoms with Gasteiger partial charge in [0.2, 0.25) is 0 Å². The summed E-state index contributed by atoms with van der Waals surface area (Å²) in [6, 6.07) is 6.26. The van der Waals surface area contributed by atoms with Crippen LogP contribution in [0.5, 0.6) is 0 Å². The molecule has 0 N–H and O–H groups in total. The smallest absolute Gasteiger partial charge is 0.285 e. The average Bonchev–Trinajstić information content (AvgIpc) is 2.81. The van der Waals surface area contributed by atoms with Crippen LogP contribution in [-0.2, 0) is 10.8 Å². The number of hydrogen-bond acceptors (Lipinski definition) is 4. The molecule has 88 valence electrons. The van der Waals surface area contributed by atoms with Crippen molar-refractivity contribution in [3.05, 3.63) is 46.9 Å². The van der Waals surface area contributed by atoms with Gasteiger partial charge in [-0.1, -0.05) is 0 Å². The summed E-state index contributed by atoms with van der Waals surface area (Å²) in [5.41, 5.74) is 1.42. The van der Waals surface area contributed by atoms with Crippen molar-refractivity contribution >= 4 is 16.5 Å². The van der Waals surface area contributed by atoms with Crippen LogP contribution in [0.4, 0.5) is 5.69 Å². The first-order valence-electron chi connectivity index (χ1n) is 4.74. The van der Waals surface area contributed by atoms with Gasteiger partial charge in [0.1, 0.15) is 4.90 Å². The summed E-state index contributed by atoms with van der Waals surface area (Å²) >= 11 is 0. The molecule has 0 spiro atoms. The Morgan fingerprint density at radius 2 is 2.06 bits per heavy atom. The van der Waals surface area contributed by atoms with Gasteiger partial charge < -0.3 is 4.42 Å². The fraction of sp³-hybridized carbons (Fsp3) is 0.0909. The molecule has 0 radical (unpaired) electrons. The average molecular weight is 251 g/mol.